The van der Waals surface area contributed by atoms with Crippen molar-refractivity contribution >= 4 is 0 Å². The molecule has 0 fully saturated rings. The van der Waals surface area contributed by atoms with Crippen LogP contribution in [0.1, 0.15) is 27.7 Å². The van der Waals surface area contributed by atoms with Crippen LogP contribution < -0.4 is 0 Å². The standard InChI is InChI=1S/C12H20O3/c1-5-15-12(11(2,3)4)8-6-7-9(13)10(12)14/h6-8,10,13-14H,5H2,1-4H3. The van der Waals surface area contributed by atoms with Crippen LogP contribution in [0.2, 0.25) is 0 Å². The molecule has 3 heteroatoms. The first-order valence-electron chi connectivity index (χ1n) is 5.25. The zero-order valence-electron chi connectivity index (χ0n) is 9.82. The Labute approximate surface area is 91.1 Å². The summed E-state index contributed by atoms with van der Waals surface area (Å²) in [4.78, 5) is 0. The first kappa shape index (κ1) is 12.3. The molecule has 0 bridgehead atoms. The lowest BCUT2D eigenvalue weighted by Crippen LogP contribution is -2.54. The lowest BCUT2D eigenvalue weighted by Gasteiger charge is -2.46. The Morgan fingerprint density at radius 3 is 2.53 bits per heavy atom. The highest BCUT2D eigenvalue weighted by Gasteiger charge is 2.49. The van der Waals surface area contributed by atoms with Crippen molar-refractivity contribution in [2.45, 2.75) is 39.4 Å². The Morgan fingerprint density at radius 2 is 2.07 bits per heavy atom. The summed E-state index contributed by atoms with van der Waals surface area (Å²) in [5, 5.41) is 19.6. The number of aliphatic hydroxyl groups is 2. The second kappa shape index (κ2) is 3.99. The zero-order chi connectivity index (χ0) is 11.7. The van der Waals surface area contributed by atoms with Gasteiger partial charge in [0.1, 0.15) is 17.5 Å². The Bertz CT molecular complexity index is 286. The van der Waals surface area contributed by atoms with E-state index in [-0.39, 0.29) is 11.2 Å². The molecule has 0 aliphatic heterocycles. The number of rotatable bonds is 2. The van der Waals surface area contributed by atoms with E-state index in [1.165, 1.54) is 6.08 Å². The summed E-state index contributed by atoms with van der Waals surface area (Å²) in [6, 6.07) is 0. The quantitative estimate of drug-likeness (QED) is 0.737. The maximum Gasteiger partial charge on any atom is 0.144 e. The van der Waals surface area contributed by atoms with Crippen LogP contribution in [0.15, 0.2) is 24.0 Å². The van der Waals surface area contributed by atoms with E-state index in [1.54, 1.807) is 6.08 Å². The van der Waals surface area contributed by atoms with Gasteiger partial charge in [0.15, 0.2) is 0 Å². The SMILES string of the molecule is CCOC1(C(C)(C)C)C=CC=C(O)C1O. The number of ether oxygens (including phenoxy) is 1. The molecule has 1 aliphatic rings. The van der Waals surface area contributed by atoms with E-state index < -0.39 is 11.7 Å². The maximum absolute atomic E-state index is 10.1. The molecule has 0 spiro atoms. The van der Waals surface area contributed by atoms with Gasteiger partial charge in [0.25, 0.3) is 0 Å². The van der Waals surface area contributed by atoms with E-state index in [9.17, 15) is 10.2 Å². The molecule has 0 saturated heterocycles. The summed E-state index contributed by atoms with van der Waals surface area (Å²) in [7, 11) is 0. The zero-order valence-corrected chi connectivity index (χ0v) is 9.82. The Balaban J connectivity index is 3.13. The molecule has 0 aromatic rings. The fourth-order valence-corrected chi connectivity index (χ4v) is 1.93. The monoisotopic (exact) mass is 212 g/mol. The molecule has 0 saturated carbocycles. The molecular weight excluding hydrogens is 192 g/mol. The van der Waals surface area contributed by atoms with Gasteiger partial charge in [0.2, 0.25) is 0 Å². The van der Waals surface area contributed by atoms with Crippen molar-refractivity contribution in [2.24, 2.45) is 5.41 Å². The average Bonchev–Trinajstić information content (AvgIpc) is 2.11. The number of aliphatic hydroxyl groups excluding tert-OH is 2. The van der Waals surface area contributed by atoms with Crippen molar-refractivity contribution in [2.75, 3.05) is 6.61 Å². The van der Waals surface area contributed by atoms with Crippen molar-refractivity contribution in [1.29, 1.82) is 0 Å². The Hall–Kier alpha value is -0.800. The molecule has 2 N–H and O–H groups in total. The second-order valence-electron chi connectivity index (χ2n) is 4.83. The third-order valence-electron chi connectivity index (χ3n) is 2.85. The minimum Gasteiger partial charge on any atom is -0.509 e. The van der Waals surface area contributed by atoms with E-state index in [0.717, 1.165) is 0 Å². The minimum atomic E-state index is -0.998. The molecule has 0 aromatic carbocycles. The fourth-order valence-electron chi connectivity index (χ4n) is 1.93. The summed E-state index contributed by atoms with van der Waals surface area (Å²) in [5.41, 5.74) is -1.14. The first-order valence-corrected chi connectivity index (χ1v) is 5.25. The maximum atomic E-state index is 10.1. The van der Waals surface area contributed by atoms with E-state index in [0.29, 0.717) is 6.61 Å². The third kappa shape index (κ3) is 1.94. The van der Waals surface area contributed by atoms with Crippen molar-refractivity contribution in [3.8, 4) is 0 Å². The number of hydrogen-bond acceptors (Lipinski definition) is 3. The van der Waals surface area contributed by atoms with Gasteiger partial charge in [-0.25, -0.2) is 0 Å². The van der Waals surface area contributed by atoms with Crippen LogP contribution in [-0.2, 0) is 4.74 Å². The van der Waals surface area contributed by atoms with Crippen LogP contribution in [0.3, 0.4) is 0 Å². The molecule has 1 rings (SSSR count). The van der Waals surface area contributed by atoms with Gasteiger partial charge in [-0.05, 0) is 24.5 Å². The van der Waals surface area contributed by atoms with Crippen molar-refractivity contribution < 1.29 is 14.9 Å². The predicted octanol–water partition coefficient (Wildman–Crippen LogP) is 2.18. The summed E-state index contributed by atoms with van der Waals surface area (Å²) in [6.45, 7) is 8.31. The topological polar surface area (TPSA) is 49.7 Å². The molecule has 1 aliphatic carbocycles. The van der Waals surface area contributed by atoms with E-state index >= 15 is 0 Å². The largest absolute Gasteiger partial charge is 0.509 e. The predicted molar refractivity (Wildman–Crippen MR) is 59.7 cm³/mol. The van der Waals surface area contributed by atoms with Crippen molar-refractivity contribution in [3.05, 3.63) is 24.0 Å². The minimum absolute atomic E-state index is 0.0409. The van der Waals surface area contributed by atoms with E-state index in [4.69, 9.17) is 4.74 Å². The van der Waals surface area contributed by atoms with Crippen LogP contribution in [-0.4, -0.2) is 28.5 Å². The van der Waals surface area contributed by atoms with Gasteiger partial charge >= 0.3 is 0 Å². The van der Waals surface area contributed by atoms with Crippen LogP contribution in [0.4, 0.5) is 0 Å². The average molecular weight is 212 g/mol. The van der Waals surface area contributed by atoms with Gasteiger partial charge < -0.3 is 14.9 Å². The molecule has 0 heterocycles. The van der Waals surface area contributed by atoms with Gasteiger partial charge in [-0.2, -0.15) is 0 Å². The van der Waals surface area contributed by atoms with E-state index in [2.05, 4.69) is 0 Å². The Morgan fingerprint density at radius 1 is 1.47 bits per heavy atom. The Kier molecular flexibility index (Phi) is 3.26. The van der Waals surface area contributed by atoms with Gasteiger partial charge in [-0.3, -0.25) is 0 Å². The van der Waals surface area contributed by atoms with Crippen molar-refractivity contribution in [1.82, 2.24) is 0 Å². The van der Waals surface area contributed by atoms with Crippen molar-refractivity contribution in [3.63, 3.8) is 0 Å². The molecule has 86 valence electrons. The van der Waals surface area contributed by atoms with Crippen LogP contribution in [0.5, 0.6) is 0 Å². The molecule has 2 unspecified atom stereocenters. The lowest BCUT2D eigenvalue weighted by atomic mass is 9.70. The van der Waals surface area contributed by atoms with Gasteiger partial charge in [0, 0.05) is 6.61 Å². The summed E-state index contributed by atoms with van der Waals surface area (Å²) >= 11 is 0. The van der Waals surface area contributed by atoms with E-state index in [1.807, 2.05) is 33.8 Å². The molecule has 0 aromatic heterocycles. The summed E-state index contributed by atoms with van der Waals surface area (Å²) in [5.74, 6) is -0.0409. The highest BCUT2D eigenvalue weighted by atomic mass is 16.5. The highest BCUT2D eigenvalue weighted by molar-refractivity contribution is 5.29. The number of allylic oxidation sites excluding steroid dienone is 2. The first-order chi connectivity index (χ1) is 6.85. The van der Waals surface area contributed by atoms with Gasteiger partial charge in [-0.15, -0.1) is 0 Å². The van der Waals surface area contributed by atoms with Gasteiger partial charge in [-0.1, -0.05) is 26.8 Å². The summed E-state index contributed by atoms with van der Waals surface area (Å²) < 4.78 is 5.68. The van der Waals surface area contributed by atoms with Crippen LogP contribution >= 0.6 is 0 Å². The molecular formula is C12H20O3. The number of hydrogen-bond donors (Lipinski definition) is 2. The second-order valence-corrected chi connectivity index (χ2v) is 4.83. The molecule has 0 radical (unpaired) electrons. The molecule has 3 nitrogen and oxygen atoms in total. The fraction of sp³-hybridized carbons (Fsp3) is 0.667. The summed E-state index contributed by atoms with van der Waals surface area (Å²) in [6.07, 6.45) is 4.04. The molecule has 2 atom stereocenters. The van der Waals surface area contributed by atoms with Crippen LogP contribution in [0, 0.1) is 5.41 Å². The molecule has 0 amide bonds. The third-order valence-corrected chi connectivity index (χ3v) is 2.85. The molecule has 15 heavy (non-hydrogen) atoms. The normalized spacial score (nSPS) is 31.5. The lowest BCUT2D eigenvalue weighted by molar-refractivity contribution is -0.144. The highest BCUT2D eigenvalue weighted by Crippen LogP contribution is 2.41. The van der Waals surface area contributed by atoms with Crippen LogP contribution in [0.25, 0.3) is 0 Å². The smallest absolute Gasteiger partial charge is 0.144 e. The van der Waals surface area contributed by atoms with Gasteiger partial charge in [0.05, 0.1) is 0 Å².